The number of aliphatic hydroxyl groups excluding tert-OH is 1. The van der Waals surface area contributed by atoms with E-state index in [2.05, 4.69) is 0 Å². The lowest BCUT2D eigenvalue weighted by molar-refractivity contribution is -0.208. The van der Waals surface area contributed by atoms with E-state index < -0.39 is 12.3 Å². The molecule has 0 saturated carbocycles. The van der Waals surface area contributed by atoms with E-state index >= 15 is 0 Å². The van der Waals surface area contributed by atoms with Crippen LogP contribution in [0, 0.1) is 0 Å². The molecule has 0 aliphatic rings. The molecule has 1 N–H and O–H groups in total. The third-order valence-corrected chi connectivity index (χ3v) is 3.31. The summed E-state index contributed by atoms with van der Waals surface area (Å²) >= 11 is 0. The van der Waals surface area contributed by atoms with Gasteiger partial charge in [0.25, 0.3) is 0 Å². The fourth-order valence-electron chi connectivity index (χ4n) is 2.26. The van der Waals surface area contributed by atoms with E-state index in [0.29, 0.717) is 18.0 Å². The van der Waals surface area contributed by atoms with Gasteiger partial charge in [0.15, 0.2) is 6.10 Å². The number of ether oxygens (including phenoxy) is 1. The topological polar surface area (TPSA) is 34.4 Å². The SMILES string of the molecule is CCn1c(-c2ccc(OC)cc2)ccc1[C@@H](O)C(F)(F)F. The highest BCUT2D eigenvalue weighted by atomic mass is 19.4. The highest BCUT2D eigenvalue weighted by Gasteiger charge is 2.41. The molecular weight excluding hydrogens is 283 g/mol. The minimum atomic E-state index is -4.68. The Hall–Kier alpha value is -1.95. The molecule has 1 heterocycles. The van der Waals surface area contributed by atoms with Gasteiger partial charge in [0.1, 0.15) is 5.75 Å². The lowest BCUT2D eigenvalue weighted by Gasteiger charge is -2.18. The number of methoxy groups -OCH3 is 1. The summed E-state index contributed by atoms with van der Waals surface area (Å²) in [5, 5.41) is 9.45. The highest BCUT2D eigenvalue weighted by Crippen LogP contribution is 2.35. The van der Waals surface area contributed by atoms with Crippen molar-refractivity contribution in [3.05, 3.63) is 42.1 Å². The second kappa shape index (κ2) is 5.81. The highest BCUT2D eigenvalue weighted by molar-refractivity contribution is 5.62. The summed E-state index contributed by atoms with van der Waals surface area (Å²) in [5.41, 5.74) is 1.23. The Morgan fingerprint density at radius 2 is 1.76 bits per heavy atom. The molecule has 0 saturated heterocycles. The smallest absolute Gasteiger partial charge is 0.420 e. The first-order chi connectivity index (χ1) is 9.88. The lowest BCUT2D eigenvalue weighted by Crippen LogP contribution is -2.23. The van der Waals surface area contributed by atoms with Crippen molar-refractivity contribution >= 4 is 0 Å². The zero-order chi connectivity index (χ0) is 15.6. The molecule has 1 aromatic heterocycles. The van der Waals surface area contributed by atoms with E-state index in [1.807, 2.05) is 0 Å². The molecule has 21 heavy (non-hydrogen) atoms. The van der Waals surface area contributed by atoms with Crippen LogP contribution in [0.3, 0.4) is 0 Å². The molecule has 1 atom stereocenters. The second-order valence-corrected chi connectivity index (χ2v) is 4.56. The molecular formula is C15H16F3NO2. The van der Waals surface area contributed by atoms with E-state index in [1.165, 1.54) is 10.6 Å². The average Bonchev–Trinajstić information content (AvgIpc) is 2.89. The molecule has 2 rings (SSSR count). The first-order valence-corrected chi connectivity index (χ1v) is 6.47. The quantitative estimate of drug-likeness (QED) is 0.932. The molecule has 0 fully saturated rings. The molecule has 0 bridgehead atoms. The van der Waals surface area contributed by atoms with Gasteiger partial charge in [0.05, 0.1) is 12.8 Å². The van der Waals surface area contributed by atoms with Crippen molar-refractivity contribution in [1.29, 1.82) is 0 Å². The molecule has 1 aromatic carbocycles. The molecule has 0 radical (unpaired) electrons. The van der Waals surface area contributed by atoms with Crippen molar-refractivity contribution in [3.8, 4) is 17.0 Å². The van der Waals surface area contributed by atoms with E-state index in [-0.39, 0.29) is 5.69 Å². The normalized spacial score (nSPS) is 13.2. The molecule has 0 unspecified atom stereocenters. The van der Waals surface area contributed by atoms with Crippen LogP contribution in [0.2, 0.25) is 0 Å². The summed E-state index contributed by atoms with van der Waals surface area (Å²) in [4.78, 5) is 0. The zero-order valence-corrected chi connectivity index (χ0v) is 11.7. The van der Waals surface area contributed by atoms with Gasteiger partial charge in [-0.25, -0.2) is 0 Å². The van der Waals surface area contributed by atoms with Gasteiger partial charge in [0.2, 0.25) is 0 Å². The van der Waals surface area contributed by atoms with Crippen LogP contribution in [0.1, 0.15) is 18.7 Å². The first kappa shape index (κ1) is 15.4. The van der Waals surface area contributed by atoms with Gasteiger partial charge >= 0.3 is 6.18 Å². The Morgan fingerprint density at radius 3 is 2.24 bits per heavy atom. The van der Waals surface area contributed by atoms with Crippen molar-refractivity contribution in [3.63, 3.8) is 0 Å². The fraction of sp³-hybridized carbons (Fsp3) is 0.333. The van der Waals surface area contributed by atoms with Crippen LogP contribution in [-0.2, 0) is 6.54 Å². The third-order valence-electron chi connectivity index (χ3n) is 3.31. The number of benzene rings is 1. The van der Waals surface area contributed by atoms with Gasteiger partial charge in [-0.3, -0.25) is 0 Å². The standard InChI is InChI=1S/C15H16F3NO2/c1-3-19-12(10-4-6-11(21-2)7-5-10)8-9-13(19)14(20)15(16,17)18/h4-9,14,20H,3H2,1-2H3/t14-/m1/s1. The summed E-state index contributed by atoms with van der Waals surface area (Å²) in [7, 11) is 1.54. The number of hydrogen-bond donors (Lipinski definition) is 1. The maximum atomic E-state index is 12.7. The van der Waals surface area contributed by atoms with Crippen LogP contribution in [0.15, 0.2) is 36.4 Å². The van der Waals surface area contributed by atoms with E-state index in [9.17, 15) is 18.3 Å². The monoisotopic (exact) mass is 299 g/mol. The molecule has 6 heteroatoms. The molecule has 0 amide bonds. The Balaban J connectivity index is 2.43. The number of nitrogens with zero attached hydrogens (tertiary/aromatic N) is 1. The molecule has 3 nitrogen and oxygen atoms in total. The van der Waals surface area contributed by atoms with Gasteiger partial charge in [0, 0.05) is 12.2 Å². The van der Waals surface area contributed by atoms with E-state index in [0.717, 1.165) is 5.56 Å². The number of alkyl halides is 3. The molecule has 0 spiro atoms. The second-order valence-electron chi connectivity index (χ2n) is 4.56. The van der Waals surface area contributed by atoms with Gasteiger partial charge < -0.3 is 14.4 Å². The first-order valence-electron chi connectivity index (χ1n) is 6.47. The summed E-state index contributed by atoms with van der Waals surface area (Å²) in [5.74, 6) is 0.670. The van der Waals surface area contributed by atoms with Crippen molar-refractivity contribution in [2.24, 2.45) is 0 Å². The van der Waals surface area contributed by atoms with Crippen molar-refractivity contribution in [2.75, 3.05) is 7.11 Å². The molecule has 0 aliphatic heterocycles. The summed E-state index contributed by atoms with van der Waals surface area (Å²) in [6.07, 6.45) is -7.16. The van der Waals surface area contributed by atoms with Gasteiger partial charge in [-0.05, 0) is 48.9 Å². The Bertz CT molecular complexity index is 602. The van der Waals surface area contributed by atoms with Crippen LogP contribution in [0.4, 0.5) is 13.2 Å². The van der Waals surface area contributed by atoms with E-state index in [4.69, 9.17) is 4.74 Å². The average molecular weight is 299 g/mol. The summed E-state index contributed by atoms with van der Waals surface area (Å²) in [6, 6.07) is 9.90. The summed E-state index contributed by atoms with van der Waals surface area (Å²) in [6.45, 7) is 2.07. The minimum absolute atomic E-state index is 0.157. The predicted molar refractivity (Wildman–Crippen MR) is 73.1 cm³/mol. The van der Waals surface area contributed by atoms with E-state index in [1.54, 1.807) is 44.4 Å². The third kappa shape index (κ3) is 3.05. The molecule has 0 aliphatic carbocycles. The summed E-state index contributed by atoms with van der Waals surface area (Å²) < 4.78 is 44.6. The number of halogens is 3. The number of aromatic nitrogens is 1. The van der Waals surface area contributed by atoms with Crippen LogP contribution < -0.4 is 4.74 Å². The minimum Gasteiger partial charge on any atom is -0.497 e. The van der Waals surface area contributed by atoms with Crippen LogP contribution >= 0.6 is 0 Å². The fourth-order valence-corrected chi connectivity index (χ4v) is 2.26. The van der Waals surface area contributed by atoms with Crippen molar-refractivity contribution < 1.29 is 23.0 Å². The Morgan fingerprint density at radius 1 is 1.14 bits per heavy atom. The van der Waals surface area contributed by atoms with Gasteiger partial charge in [-0.15, -0.1) is 0 Å². The van der Waals surface area contributed by atoms with Gasteiger partial charge in [-0.2, -0.15) is 13.2 Å². The number of rotatable bonds is 4. The molecule has 2 aromatic rings. The number of aliphatic hydroxyl groups is 1. The predicted octanol–water partition coefficient (Wildman–Crippen LogP) is 3.78. The van der Waals surface area contributed by atoms with Crippen molar-refractivity contribution in [1.82, 2.24) is 4.57 Å². The maximum Gasteiger partial charge on any atom is 0.420 e. The maximum absolute atomic E-state index is 12.7. The Kier molecular flexibility index (Phi) is 4.27. The Labute approximate surface area is 120 Å². The van der Waals surface area contributed by atoms with Crippen LogP contribution in [0.5, 0.6) is 5.75 Å². The molecule has 114 valence electrons. The largest absolute Gasteiger partial charge is 0.497 e. The zero-order valence-electron chi connectivity index (χ0n) is 11.7. The van der Waals surface area contributed by atoms with Crippen LogP contribution in [-0.4, -0.2) is 23.0 Å². The van der Waals surface area contributed by atoms with Crippen molar-refractivity contribution in [2.45, 2.75) is 25.7 Å². The number of hydrogen-bond acceptors (Lipinski definition) is 2. The lowest BCUT2D eigenvalue weighted by atomic mass is 10.1. The van der Waals surface area contributed by atoms with Gasteiger partial charge in [-0.1, -0.05) is 0 Å². The van der Waals surface area contributed by atoms with Crippen LogP contribution in [0.25, 0.3) is 11.3 Å².